The summed E-state index contributed by atoms with van der Waals surface area (Å²) in [5.41, 5.74) is -0.432. The monoisotopic (exact) mass is 310 g/mol. The number of methoxy groups -OCH3 is 1. The molecule has 2 unspecified atom stereocenters. The van der Waals surface area contributed by atoms with Gasteiger partial charge in [-0.2, -0.15) is 0 Å². The molecule has 0 aliphatic carbocycles. The number of nitrogens with zero attached hydrogens (tertiary/aromatic N) is 1. The van der Waals surface area contributed by atoms with Gasteiger partial charge in [0.15, 0.2) is 0 Å². The SMILES string of the molecule is CCC1(C)NC(=O)C(C)N(c2cc(OC)ccc2Cl)C1=O. The molecule has 1 aliphatic rings. The van der Waals surface area contributed by atoms with Crippen LogP contribution in [0, 0.1) is 0 Å². The number of hydrogen-bond acceptors (Lipinski definition) is 3. The first-order valence-corrected chi connectivity index (χ1v) is 7.21. The van der Waals surface area contributed by atoms with Crippen molar-refractivity contribution in [2.24, 2.45) is 0 Å². The summed E-state index contributed by atoms with van der Waals surface area (Å²) in [6, 6.07) is 4.42. The van der Waals surface area contributed by atoms with Gasteiger partial charge >= 0.3 is 0 Å². The zero-order chi connectivity index (χ0) is 15.8. The van der Waals surface area contributed by atoms with Crippen molar-refractivity contribution in [3.05, 3.63) is 23.2 Å². The van der Waals surface area contributed by atoms with E-state index in [-0.39, 0.29) is 11.8 Å². The van der Waals surface area contributed by atoms with Crippen molar-refractivity contribution in [1.82, 2.24) is 5.32 Å². The topological polar surface area (TPSA) is 58.6 Å². The van der Waals surface area contributed by atoms with Crippen molar-refractivity contribution in [2.45, 2.75) is 38.8 Å². The molecule has 2 atom stereocenters. The Morgan fingerprint density at radius 2 is 2.10 bits per heavy atom. The van der Waals surface area contributed by atoms with E-state index < -0.39 is 11.6 Å². The number of hydrogen-bond donors (Lipinski definition) is 1. The molecule has 0 bridgehead atoms. The maximum atomic E-state index is 12.8. The zero-order valence-corrected chi connectivity index (χ0v) is 13.3. The zero-order valence-electron chi connectivity index (χ0n) is 12.6. The largest absolute Gasteiger partial charge is 0.497 e. The number of benzene rings is 1. The van der Waals surface area contributed by atoms with Crippen LogP contribution in [0.2, 0.25) is 5.02 Å². The minimum absolute atomic E-state index is 0.174. The Morgan fingerprint density at radius 3 is 2.67 bits per heavy atom. The molecule has 21 heavy (non-hydrogen) atoms. The molecule has 0 spiro atoms. The quantitative estimate of drug-likeness (QED) is 0.932. The average molecular weight is 311 g/mol. The molecular weight excluding hydrogens is 292 g/mol. The molecule has 2 amide bonds. The lowest BCUT2D eigenvalue weighted by atomic mass is 9.91. The summed E-state index contributed by atoms with van der Waals surface area (Å²) < 4.78 is 5.18. The Morgan fingerprint density at radius 1 is 1.43 bits per heavy atom. The molecule has 1 aromatic carbocycles. The third kappa shape index (κ3) is 2.58. The van der Waals surface area contributed by atoms with Crippen LogP contribution in [0.3, 0.4) is 0 Å². The van der Waals surface area contributed by atoms with E-state index in [1.165, 1.54) is 12.0 Å². The molecule has 1 aliphatic heterocycles. The molecular formula is C15H19ClN2O3. The van der Waals surface area contributed by atoms with Gasteiger partial charge in [-0.25, -0.2) is 0 Å². The number of rotatable bonds is 3. The van der Waals surface area contributed by atoms with E-state index in [0.29, 0.717) is 22.9 Å². The molecule has 6 heteroatoms. The Balaban J connectivity index is 2.54. The molecule has 0 aromatic heterocycles. The molecule has 1 saturated heterocycles. The van der Waals surface area contributed by atoms with Gasteiger partial charge in [0.2, 0.25) is 5.91 Å². The van der Waals surface area contributed by atoms with Crippen molar-refractivity contribution < 1.29 is 14.3 Å². The van der Waals surface area contributed by atoms with Crippen LogP contribution in [-0.2, 0) is 9.59 Å². The molecule has 114 valence electrons. The minimum Gasteiger partial charge on any atom is -0.497 e. The van der Waals surface area contributed by atoms with Crippen LogP contribution in [0.25, 0.3) is 0 Å². The van der Waals surface area contributed by atoms with Gasteiger partial charge in [0.25, 0.3) is 5.91 Å². The van der Waals surface area contributed by atoms with Gasteiger partial charge in [-0.1, -0.05) is 18.5 Å². The van der Waals surface area contributed by atoms with Gasteiger partial charge in [0.05, 0.1) is 17.8 Å². The first-order chi connectivity index (χ1) is 9.84. The molecule has 2 rings (SSSR count). The van der Waals surface area contributed by atoms with Gasteiger partial charge in [-0.3, -0.25) is 14.5 Å². The Bertz CT molecular complexity index is 590. The lowest BCUT2D eigenvalue weighted by molar-refractivity contribution is -0.137. The van der Waals surface area contributed by atoms with Gasteiger partial charge in [0.1, 0.15) is 17.3 Å². The molecule has 1 heterocycles. The molecule has 1 N–H and O–H groups in total. The van der Waals surface area contributed by atoms with Gasteiger partial charge in [-0.05, 0) is 32.4 Å². The van der Waals surface area contributed by atoms with Crippen molar-refractivity contribution in [1.29, 1.82) is 0 Å². The van der Waals surface area contributed by atoms with E-state index in [1.807, 2.05) is 6.92 Å². The van der Waals surface area contributed by atoms with E-state index in [4.69, 9.17) is 16.3 Å². The van der Waals surface area contributed by atoms with Crippen LogP contribution in [0.1, 0.15) is 27.2 Å². The van der Waals surface area contributed by atoms with Crippen LogP contribution >= 0.6 is 11.6 Å². The second kappa shape index (κ2) is 5.56. The van der Waals surface area contributed by atoms with Gasteiger partial charge in [0, 0.05) is 6.07 Å². The fourth-order valence-corrected chi connectivity index (χ4v) is 2.56. The van der Waals surface area contributed by atoms with Crippen molar-refractivity contribution in [2.75, 3.05) is 12.0 Å². The smallest absolute Gasteiger partial charge is 0.253 e. The summed E-state index contributed by atoms with van der Waals surface area (Å²) in [4.78, 5) is 26.4. The van der Waals surface area contributed by atoms with E-state index in [0.717, 1.165) is 0 Å². The fourth-order valence-electron chi connectivity index (χ4n) is 2.35. The second-order valence-corrected chi connectivity index (χ2v) is 5.75. The van der Waals surface area contributed by atoms with Crippen LogP contribution in [-0.4, -0.2) is 30.5 Å². The van der Waals surface area contributed by atoms with Crippen molar-refractivity contribution >= 4 is 29.1 Å². The van der Waals surface area contributed by atoms with Crippen molar-refractivity contribution in [3.63, 3.8) is 0 Å². The second-order valence-electron chi connectivity index (χ2n) is 5.34. The number of carbonyl (C=O) groups is 2. The molecule has 0 radical (unpaired) electrons. The maximum absolute atomic E-state index is 12.8. The van der Waals surface area contributed by atoms with Crippen molar-refractivity contribution in [3.8, 4) is 5.75 Å². The maximum Gasteiger partial charge on any atom is 0.253 e. The Kier molecular flexibility index (Phi) is 4.14. The summed E-state index contributed by atoms with van der Waals surface area (Å²) in [6.07, 6.45) is 0.502. The molecule has 1 fully saturated rings. The average Bonchev–Trinajstić information content (AvgIpc) is 2.47. The third-order valence-electron chi connectivity index (χ3n) is 3.98. The number of ether oxygens (including phenoxy) is 1. The number of carbonyl (C=O) groups excluding carboxylic acids is 2. The summed E-state index contributed by atoms with van der Waals surface area (Å²) in [5, 5.41) is 3.19. The summed E-state index contributed by atoms with van der Waals surface area (Å²) >= 11 is 6.22. The molecule has 0 saturated carbocycles. The highest BCUT2D eigenvalue weighted by Crippen LogP contribution is 2.35. The highest BCUT2D eigenvalue weighted by molar-refractivity contribution is 6.34. The van der Waals surface area contributed by atoms with E-state index in [1.54, 1.807) is 32.0 Å². The number of anilines is 1. The lowest BCUT2D eigenvalue weighted by Gasteiger charge is -2.43. The van der Waals surface area contributed by atoms with Crippen LogP contribution in [0.15, 0.2) is 18.2 Å². The third-order valence-corrected chi connectivity index (χ3v) is 4.30. The van der Waals surface area contributed by atoms with Gasteiger partial charge < -0.3 is 10.1 Å². The summed E-state index contributed by atoms with van der Waals surface area (Å²) in [6.45, 7) is 5.26. The predicted octanol–water partition coefficient (Wildman–Crippen LogP) is 2.37. The fraction of sp³-hybridized carbons (Fsp3) is 0.467. The van der Waals surface area contributed by atoms with Gasteiger partial charge in [-0.15, -0.1) is 0 Å². The van der Waals surface area contributed by atoms with Crippen LogP contribution < -0.4 is 15.0 Å². The summed E-state index contributed by atoms with van der Waals surface area (Å²) in [5.74, 6) is 0.212. The van der Waals surface area contributed by atoms with Crippen LogP contribution in [0.4, 0.5) is 5.69 Å². The lowest BCUT2D eigenvalue weighted by Crippen LogP contribution is -2.68. The van der Waals surface area contributed by atoms with Crippen LogP contribution in [0.5, 0.6) is 5.75 Å². The molecule has 1 aromatic rings. The highest BCUT2D eigenvalue weighted by Gasteiger charge is 2.46. The first-order valence-electron chi connectivity index (χ1n) is 6.83. The summed E-state index contributed by atoms with van der Waals surface area (Å²) in [7, 11) is 1.54. The highest BCUT2D eigenvalue weighted by atomic mass is 35.5. The standard InChI is InChI=1S/C15H19ClN2O3/c1-5-15(3)14(20)18(9(2)13(19)17-15)12-8-10(21-4)6-7-11(12)16/h6-9H,5H2,1-4H3,(H,17,19). The van der Waals surface area contributed by atoms with E-state index in [2.05, 4.69) is 5.32 Å². The Labute approximate surface area is 129 Å². The first kappa shape index (κ1) is 15.6. The minimum atomic E-state index is -0.921. The van der Waals surface area contributed by atoms with E-state index >= 15 is 0 Å². The normalized spacial score (nSPS) is 25.8. The number of nitrogens with one attached hydrogen (secondary N) is 1. The number of amides is 2. The number of halogens is 1. The predicted molar refractivity (Wildman–Crippen MR) is 81.8 cm³/mol. The van der Waals surface area contributed by atoms with E-state index in [9.17, 15) is 9.59 Å². The number of piperazine rings is 1. The Hall–Kier alpha value is -1.75. The molecule has 5 nitrogen and oxygen atoms in total.